The molecule has 0 aliphatic rings. The number of hydrogen-bond acceptors (Lipinski definition) is 5. The van der Waals surface area contributed by atoms with Gasteiger partial charge in [0.25, 0.3) is 0 Å². The third-order valence-electron chi connectivity index (χ3n) is 3.25. The van der Waals surface area contributed by atoms with Crippen LogP contribution in [0.3, 0.4) is 0 Å². The van der Waals surface area contributed by atoms with Crippen LogP contribution in [0.15, 0.2) is 52.5 Å². The van der Waals surface area contributed by atoms with Crippen LogP contribution in [0, 0.1) is 0 Å². The lowest BCUT2D eigenvalue weighted by atomic mass is 10.1. The molecule has 1 atom stereocenters. The summed E-state index contributed by atoms with van der Waals surface area (Å²) >= 11 is 12.1. The van der Waals surface area contributed by atoms with Gasteiger partial charge in [0.1, 0.15) is 12.8 Å². The van der Waals surface area contributed by atoms with Crippen LogP contribution in [-0.2, 0) is 20.4 Å². The van der Waals surface area contributed by atoms with E-state index < -0.39 is 16.8 Å². The van der Waals surface area contributed by atoms with Gasteiger partial charge < -0.3 is 9.57 Å². The average Bonchev–Trinajstić information content (AvgIpc) is 2.60. The molecule has 0 amide bonds. The number of carbonyl (C=O) groups excluding carboxylic acids is 1. The van der Waals surface area contributed by atoms with Crippen molar-refractivity contribution in [3.63, 3.8) is 0 Å². The fraction of sp³-hybridized carbons (Fsp3) is 0.176. The Morgan fingerprint density at radius 2 is 1.84 bits per heavy atom. The quantitative estimate of drug-likeness (QED) is 0.419. The van der Waals surface area contributed by atoms with E-state index >= 15 is 0 Å². The van der Waals surface area contributed by atoms with Gasteiger partial charge >= 0.3 is 5.97 Å². The number of hydrogen-bond donors (Lipinski definition) is 0. The molecule has 0 spiro atoms. The molecule has 5 nitrogen and oxygen atoms in total. The fourth-order valence-corrected chi connectivity index (χ4v) is 3.89. The second-order valence-corrected chi connectivity index (χ2v) is 7.09. The second kappa shape index (κ2) is 8.99. The predicted molar refractivity (Wildman–Crippen MR) is 99.1 cm³/mol. The smallest absolute Gasteiger partial charge is 0.339 e. The van der Waals surface area contributed by atoms with Crippen molar-refractivity contribution in [3.05, 3.63) is 63.6 Å². The van der Waals surface area contributed by atoms with E-state index in [-0.39, 0.29) is 11.3 Å². The highest BCUT2D eigenvalue weighted by molar-refractivity contribution is 7.86. The molecule has 0 aliphatic heterocycles. The van der Waals surface area contributed by atoms with Crippen LogP contribution in [0.2, 0.25) is 10.0 Å². The number of ether oxygens (including phenoxy) is 1. The molecule has 132 valence electrons. The minimum atomic E-state index is -1.57. The highest BCUT2D eigenvalue weighted by Gasteiger charge is 2.20. The topological polar surface area (TPSA) is 65.0 Å². The summed E-state index contributed by atoms with van der Waals surface area (Å²) in [6, 6.07) is 11.4. The van der Waals surface area contributed by atoms with Crippen molar-refractivity contribution in [2.24, 2.45) is 5.16 Å². The minimum Gasteiger partial charge on any atom is -0.465 e. The van der Waals surface area contributed by atoms with Gasteiger partial charge in [0.2, 0.25) is 0 Å². The Kier molecular flexibility index (Phi) is 6.99. The predicted octanol–water partition coefficient (Wildman–Crippen LogP) is 3.94. The molecule has 0 saturated carbocycles. The first-order valence-corrected chi connectivity index (χ1v) is 9.16. The maximum absolute atomic E-state index is 12.8. The fourth-order valence-electron chi connectivity index (χ4n) is 2.13. The highest BCUT2D eigenvalue weighted by atomic mass is 35.5. The molecule has 0 saturated heterocycles. The van der Waals surface area contributed by atoms with E-state index in [4.69, 9.17) is 32.8 Å². The van der Waals surface area contributed by atoms with Gasteiger partial charge in [-0.3, -0.25) is 4.21 Å². The third-order valence-corrected chi connectivity index (χ3v) is 5.18. The molecule has 0 aliphatic carbocycles. The summed E-state index contributed by atoms with van der Waals surface area (Å²) in [4.78, 5) is 17.1. The van der Waals surface area contributed by atoms with Crippen molar-refractivity contribution in [1.29, 1.82) is 0 Å². The van der Waals surface area contributed by atoms with Gasteiger partial charge in [0.05, 0.1) is 39.1 Å². The van der Waals surface area contributed by atoms with Crippen LogP contribution in [0.5, 0.6) is 0 Å². The van der Waals surface area contributed by atoms with E-state index in [0.717, 1.165) is 0 Å². The Morgan fingerprint density at radius 3 is 2.48 bits per heavy atom. The number of benzene rings is 2. The molecule has 2 aromatic rings. The van der Waals surface area contributed by atoms with Crippen LogP contribution in [0.1, 0.15) is 15.9 Å². The number of oxime groups is 1. The van der Waals surface area contributed by atoms with Crippen LogP contribution in [0.4, 0.5) is 0 Å². The molecular formula is C17H15Cl2NO4S. The van der Waals surface area contributed by atoms with Crippen molar-refractivity contribution in [1.82, 2.24) is 0 Å². The lowest BCUT2D eigenvalue weighted by Crippen LogP contribution is -2.16. The van der Waals surface area contributed by atoms with Crippen LogP contribution >= 0.6 is 23.2 Å². The first-order chi connectivity index (χ1) is 12.0. The number of halogens is 2. The zero-order chi connectivity index (χ0) is 18.4. The standard InChI is InChI=1S/C17H15Cl2NO4S/c1-23-17(21)13-5-3-4-6-16(13)25(22)10-15(20-24-2)12-8-7-11(18)9-14(12)19/h3-9H,10H2,1-2H3/b20-15+. The van der Waals surface area contributed by atoms with E-state index in [1.807, 2.05) is 0 Å². The van der Waals surface area contributed by atoms with Gasteiger partial charge in [0.15, 0.2) is 0 Å². The van der Waals surface area contributed by atoms with Gasteiger partial charge in [0, 0.05) is 10.6 Å². The molecule has 0 radical (unpaired) electrons. The summed E-state index contributed by atoms with van der Waals surface area (Å²) < 4.78 is 17.6. The SMILES string of the molecule is CO/N=C(\CS(=O)c1ccccc1C(=O)OC)c1ccc(Cl)cc1Cl. The summed E-state index contributed by atoms with van der Waals surface area (Å²) in [6.07, 6.45) is 0. The monoisotopic (exact) mass is 399 g/mol. The van der Waals surface area contributed by atoms with Crippen molar-refractivity contribution in [2.75, 3.05) is 20.0 Å². The van der Waals surface area contributed by atoms with E-state index in [1.54, 1.807) is 42.5 Å². The number of carbonyl (C=O) groups is 1. The summed E-state index contributed by atoms with van der Waals surface area (Å²) in [5.41, 5.74) is 1.17. The molecule has 0 fully saturated rings. The van der Waals surface area contributed by atoms with Crippen LogP contribution in [-0.4, -0.2) is 35.9 Å². The van der Waals surface area contributed by atoms with Crippen molar-refractivity contribution >= 4 is 45.7 Å². The Labute approximate surface area is 158 Å². The van der Waals surface area contributed by atoms with Gasteiger partial charge in [-0.05, 0) is 24.3 Å². The molecule has 0 N–H and O–H groups in total. The lowest BCUT2D eigenvalue weighted by molar-refractivity contribution is 0.0596. The molecule has 2 aromatic carbocycles. The van der Waals surface area contributed by atoms with E-state index in [1.165, 1.54) is 14.2 Å². The molecular weight excluding hydrogens is 385 g/mol. The zero-order valence-electron chi connectivity index (χ0n) is 13.5. The molecule has 0 aromatic heterocycles. The molecule has 25 heavy (non-hydrogen) atoms. The zero-order valence-corrected chi connectivity index (χ0v) is 15.8. The molecule has 8 heteroatoms. The number of methoxy groups -OCH3 is 1. The van der Waals surface area contributed by atoms with E-state index in [0.29, 0.717) is 26.2 Å². The van der Waals surface area contributed by atoms with Crippen LogP contribution < -0.4 is 0 Å². The summed E-state index contributed by atoms with van der Waals surface area (Å²) in [6.45, 7) is 0. The Morgan fingerprint density at radius 1 is 1.12 bits per heavy atom. The number of esters is 1. The summed E-state index contributed by atoms with van der Waals surface area (Å²) in [5.74, 6) is -0.554. The first kappa shape index (κ1) is 19.4. The Hall–Kier alpha value is -1.89. The largest absolute Gasteiger partial charge is 0.465 e. The number of nitrogens with zero attached hydrogens (tertiary/aromatic N) is 1. The van der Waals surface area contributed by atoms with Crippen molar-refractivity contribution in [3.8, 4) is 0 Å². The summed E-state index contributed by atoms with van der Waals surface area (Å²) in [7, 11) is 1.09. The Balaban J connectivity index is 2.37. The molecule has 0 heterocycles. The molecule has 2 rings (SSSR count). The number of rotatable bonds is 6. The normalized spacial score (nSPS) is 12.6. The maximum Gasteiger partial charge on any atom is 0.339 e. The molecule has 1 unspecified atom stereocenters. The van der Waals surface area contributed by atoms with E-state index in [9.17, 15) is 9.00 Å². The van der Waals surface area contributed by atoms with Crippen molar-refractivity contribution in [2.45, 2.75) is 4.90 Å². The minimum absolute atomic E-state index is 0.00317. The third kappa shape index (κ3) is 4.81. The van der Waals surface area contributed by atoms with Gasteiger partial charge in [-0.25, -0.2) is 4.79 Å². The van der Waals surface area contributed by atoms with E-state index in [2.05, 4.69) is 5.16 Å². The first-order valence-electron chi connectivity index (χ1n) is 7.09. The van der Waals surface area contributed by atoms with Gasteiger partial charge in [-0.15, -0.1) is 0 Å². The highest BCUT2D eigenvalue weighted by Crippen LogP contribution is 2.23. The maximum atomic E-state index is 12.8. The summed E-state index contributed by atoms with van der Waals surface area (Å²) in [5, 5.41) is 4.76. The van der Waals surface area contributed by atoms with Gasteiger partial charge in [-0.1, -0.05) is 46.6 Å². The lowest BCUT2D eigenvalue weighted by Gasteiger charge is -2.10. The second-order valence-electron chi connectivity index (χ2n) is 4.82. The molecule has 0 bridgehead atoms. The Bertz CT molecular complexity index is 839. The van der Waals surface area contributed by atoms with Gasteiger partial charge in [-0.2, -0.15) is 0 Å². The van der Waals surface area contributed by atoms with Crippen LogP contribution in [0.25, 0.3) is 0 Å². The average molecular weight is 400 g/mol. The van der Waals surface area contributed by atoms with Crippen molar-refractivity contribution < 1.29 is 18.6 Å².